The number of halogens is 1. The first-order chi connectivity index (χ1) is 17.4. The second-order valence-corrected chi connectivity index (χ2v) is 11.0. The average Bonchev–Trinajstić information content (AvgIpc) is 2.89. The molecule has 0 bridgehead atoms. The van der Waals surface area contributed by atoms with E-state index in [2.05, 4.69) is 10.0 Å². The fourth-order valence-electron chi connectivity index (χ4n) is 3.40. The molecular formula is C27H23ClN2O4S2. The van der Waals surface area contributed by atoms with Crippen molar-refractivity contribution < 1.29 is 17.9 Å². The highest BCUT2D eigenvalue weighted by Crippen LogP contribution is 2.37. The number of hydrogen-bond donors (Lipinski definition) is 2. The van der Waals surface area contributed by atoms with Crippen LogP contribution in [0.5, 0.6) is 5.75 Å². The first-order valence-corrected chi connectivity index (χ1v) is 13.6. The number of nitrogens with one attached hydrogen (secondary N) is 2. The quantitative estimate of drug-likeness (QED) is 0.234. The number of amides is 1. The minimum absolute atomic E-state index is 0.183. The molecule has 1 atom stereocenters. The fraction of sp³-hybridized carbons (Fsp3) is 0.0741. The van der Waals surface area contributed by atoms with Gasteiger partial charge in [0.25, 0.3) is 10.0 Å². The van der Waals surface area contributed by atoms with Gasteiger partial charge in [0.15, 0.2) is 0 Å². The van der Waals surface area contributed by atoms with Crippen molar-refractivity contribution in [2.24, 2.45) is 0 Å². The van der Waals surface area contributed by atoms with E-state index in [1.807, 2.05) is 30.3 Å². The summed E-state index contributed by atoms with van der Waals surface area (Å²) < 4.78 is 32.9. The summed E-state index contributed by atoms with van der Waals surface area (Å²) >= 11 is 7.57. The Morgan fingerprint density at radius 3 is 2.08 bits per heavy atom. The highest BCUT2D eigenvalue weighted by molar-refractivity contribution is 8.00. The molecule has 0 aliphatic rings. The van der Waals surface area contributed by atoms with Crippen molar-refractivity contribution in [3.63, 3.8) is 0 Å². The van der Waals surface area contributed by atoms with Gasteiger partial charge in [0.05, 0.1) is 17.0 Å². The van der Waals surface area contributed by atoms with Crippen molar-refractivity contribution in [1.29, 1.82) is 0 Å². The van der Waals surface area contributed by atoms with E-state index in [1.165, 1.54) is 31.0 Å². The first kappa shape index (κ1) is 25.6. The normalized spacial score (nSPS) is 11.9. The van der Waals surface area contributed by atoms with Gasteiger partial charge in [-0.05, 0) is 60.2 Å². The topological polar surface area (TPSA) is 84.5 Å². The number of thioether (sulfide) groups is 1. The smallest absolute Gasteiger partial charge is 0.261 e. The Balaban J connectivity index is 1.52. The van der Waals surface area contributed by atoms with E-state index >= 15 is 0 Å². The monoisotopic (exact) mass is 538 g/mol. The van der Waals surface area contributed by atoms with E-state index in [1.54, 1.807) is 60.7 Å². The standard InChI is InChI=1S/C27H23ClN2O4S2/c1-34-25-17-14-21(18-24(25)28)29-27(31)26(19-8-4-2-5-9-19)35-22-15-12-20(13-16-22)30-36(32,33)23-10-6-3-7-11-23/h2-18,26,30H,1H3,(H,29,31). The molecule has 1 amide bonds. The lowest BCUT2D eigenvalue weighted by Gasteiger charge is -2.18. The molecule has 4 aromatic carbocycles. The average molecular weight is 539 g/mol. The van der Waals surface area contributed by atoms with E-state index < -0.39 is 15.3 Å². The van der Waals surface area contributed by atoms with Crippen molar-refractivity contribution in [2.75, 3.05) is 17.1 Å². The molecule has 6 nitrogen and oxygen atoms in total. The summed E-state index contributed by atoms with van der Waals surface area (Å²) in [4.78, 5) is 14.3. The number of ether oxygens (including phenoxy) is 1. The van der Waals surface area contributed by atoms with Gasteiger partial charge in [-0.3, -0.25) is 9.52 Å². The number of carbonyl (C=O) groups is 1. The number of benzene rings is 4. The maximum atomic E-state index is 13.3. The Morgan fingerprint density at radius 2 is 1.47 bits per heavy atom. The third-order valence-corrected chi connectivity index (χ3v) is 8.13. The van der Waals surface area contributed by atoms with Crippen LogP contribution in [0.3, 0.4) is 0 Å². The Labute approximate surface area is 219 Å². The minimum Gasteiger partial charge on any atom is -0.495 e. The molecule has 0 radical (unpaired) electrons. The second kappa shape index (κ2) is 11.5. The predicted octanol–water partition coefficient (Wildman–Crippen LogP) is 6.62. The summed E-state index contributed by atoms with van der Waals surface area (Å²) in [6, 6.07) is 29.5. The summed E-state index contributed by atoms with van der Waals surface area (Å²) in [7, 11) is -2.16. The Hall–Kier alpha value is -3.46. The fourth-order valence-corrected chi connectivity index (χ4v) is 5.77. The number of sulfonamides is 1. The van der Waals surface area contributed by atoms with E-state index in [0.717, 1.165) is 10.5 Å². The first-order valence-electron chi connectivity index (χ1n) is 10.9. The third-order valence-electron chi connectivity index (χ3n) is 5.17. The van der Waals surface area contributed by atoms with Crippen LogP contribution in [0.1, 0.15) is 10.8 Å². The molecule has 184 valence electrons. The molecule has 0 aromatic heterocycles. The van der Waals surface area contributed by atoms with Crippen LogP contribution in [0.4, 0.5) is 11.4 Å². The molecule has 2 N–H and O–H groups in total. The maximum Gasteiger partial charge on any atom is 0.261 e. The van der Waals surface area contributed by atoms with Crippen LogP contribution in [-0.4, -0.2) is 21.4 Å². The van der Waals surface area contributed by atoms with Crippen LogP contribution in [0.2, 0.25) is 5.02 Å². The van der Waals surface area contributed by atoms with Gasteiger partial charge in [-0.25, -0.2) is 8.42 Å². The van der Waals surface area contributed by atoms with Crippen LogP contribution >= 0.6 is 23.4 Å². The highest BCUT2D eigenvalue weighted by Gasteiger charge is 2.23. The highest BCUT2D eigenvalue weighted by atomic mass is 35.5. The van der Waals surface area contributed by atoms with Gasteiger partial charge in [0, 0.05) is 16.3 Å². The van der Waals surface area contributed by atoms with Gasteiger partial charge in [-0.2, -0.15) is 0 Å². The van der Waals surface area contributed by atoms with Crippen LogP contribution in [0, 0.1) is 0 Å². The minimum atomic E-state index is -3.69. The van der Waals surface area contributed by atoms with Crippen LogP contribution in [0.25, 0.3) is 0 Å². The van der Waals surface area contributed by atoms with Crippen molar-refractivity contribution >= 4 is 50.7 Å². The molecule has 9 heteroatoms. The summed E-state index contributed by atoms with van der Waals surface area (Å²) in [5.41, 5.74) is 1.81. The molecule has 0 heterocycles. The van der Waals surface area contributed by atoms with Crippen LogP contribution < -0.4 is 14.8 Å². The van der Waals surface area contributed by atoms with E-state index in [0.29, 0.717) is 22.1 Å². The molecule has 4 aromatic rings. The SMILES string of the molecule is COc1ccc(NC(=O)C(Sc2ccc(NS(=O)(=O)c3ccccc3)cc2)c2ccccc2)cc1Cl. The van der Waals surface area contributed by atoms with Crippen molar-refractivity contribution in [1.82, 2.24) is 0 Å². The second-order valence-electron chi connectivity index (χ2n) is 7.69. The number of carbonyl (C=O) groups excluding carboxylic acids is 1. The van der Waals surface area contributed by atoms with Gasteiger partial charge in [-0.1, -0.05) is 60.1 Å². The van der Waals surface area contributed by atoms with Gasteiger partial charge in [0.1, 0.15) is 11.0 Å². The molecule has 36 heavy (non-hydrogen) atoms. The van der Waals surface area contributed by atoms with Crippen molar-refractivity contribution in [2.45, 2.75) is 15.0 Å². The summed E-state index contributed by atoms with van der Waals surface area (Å²) in [6.07, 6.45) is 0. The van der Waals surface area contributed by atoms with Crippen molar-refractivity contribution in [3.05, 3.63) is 114 Å². The molecule has 0 fully saturated rings. The lowest BCUT2D eigenvalue weighted by atomic mass is 10.1. The Kier molecular flexibility index (Phi) is 8.20. The molecule has 0 saturated carbocycles. The lowest BCUT2D eigenvalue weighted by molar-refractivity contribution is -0.115. The molecule has 0 spiro atoms. The van der Waals surface area contributed by atoms with Crippen LogP contribution in [-0.2, 0) is 14.8 Å². The number of methoxy groups -OCH3 is 1. The molecule has 1 unspecified atom stereocenters. The van der Waals surface area contributed by atoms with E-state index in [9.17, 15) is 13.2 Å². The summed E-state index contributed by atoms with van der Waals surface area (Å²) in [5, 5.41) is 2.76. The van der Waals surface area contributed by atoms with Gasteiger partial charge >= 0.3 is 0 Å². The number of anilines is 2. The third kappa shape index (κ3) is 6.40. The predicted molar refractivity (Wildman–Crippen MR) is 145 cm³/mol. The lowest BCUT2D eigenvalue weighted by Crippen LogP contribution is -2.19. The van der Waals surface area contributed by atoms with Gasteiger partial charge in [0.2, 0.25) is 5.91 Å². The molecule has 0 aliphatic heterocycles. The maximum absolute atomic E-state index is 13.3. The van der Waals surface area contributed by atoms with Gasteiger partial charge < -0.3 is 10.1 Å². The van der Waals surface area contributed by atoms with Gasteiger partial charge in [-0.15, -0.1) is 11.8 Å². The zero-order chi connectivity index (χ0) is 25.5. The summed E-state index contributed by atoms with van der Waals surface area (Å²) in [6.45, 7) is 0. The zero-order valence-electron chi connectivity index (χ0n) is 19.2. The van der Waals surface area contributed by atoms with E-state index in [-0.39, 0.29) is 10.8 Å². The van der Waals surface area contributed by atoms with Crippen molar-refractivity contribution in [3.8, 4) is 5.75 Å². The molecular weight excluding hydrogens is 516 g/mol. The van der Waals surface area contributed by atoms with Crippen LogP contribution in [0.15, 0.2) is 113 Å². The molecule has 4 rings (SSSR count). The molecule has 0 aliphatic carbocycles. The number of rotatable bonds is 9. The molecule has 0 saturated heterocycles. The Morgan fingerprint density at radius 1 is 0.861 bits per heavy atom. The number of hydrogen-bond acceptors (Lipinski definition) is 5. The largest absolute Gasteiger partial charge is 0.495 e. The summed E-state index contributed by atoms with van der Waals surface area (Å²) in [5.74, 6) is 0.299. The van der Waals surface area contributed by atoms with E-state index in [4.69, 9.17) is 16.3 Å². The zero-order valence-corrected chi connectivity index (χ0v) is 21.6. The Bertz CT molecular complexity index is 1430.